The van der Waals surface area contributed by atoms with Crippen molar-refractivity contribution in [2.75, 3.05) is 0 Å². The fourth-order valence-corrected chi connectivity index (χ4v) is 2.12. The highest BCUT2D eigenvalue weighted by atomic mass is 19.2. The van der Waals surface area contributed by atoms with E-state index < -0.39 is 62.8 Å². The van der Waals surface area contributed by atoms with E-state index in [1.165, 1.54) is 6.07 Å². The van der Waals surface area contributed by atoms with Gasteiger partial charge >= 0.3 is 0 Å². The lowest BCUT2D eigenvalue weighted by Crippen LogP contribution is -2.05. The Morgan fingerprint density at radius 2 is 1.09 bits per heavy atom. The van der Waals surface area contributed by atoms with Gasteiger partial charge in [-0.25, -0.2) is 30.7 Å². The summed E-state index contributed by atoms with van der Waals surface area (Å²) >= 11 is 0. The molecule has 0 unspecified atom stereocenters. The third kappa shape index (κ3) is 1.73. The Kier molecular flexibility index (Phi) is 3.12. The highest BCUT2D eigenvalue weighted by Crippen LogP contribution is 2.38. The van der Waals surface area contributed by atoms with Crippen LogP contribution >= 0.6 is 0 Å². The number of halogens is 7. The van der Waals surface area contributed by atoms with Gasteiger partial charge in [-0.2, -0.15) is 0 Å². The smallest absolute Gasteiger partial charge is 0.198 e. The molecule has 0 saturated carbocycles. The molecule has 0 amide bonds. The maximum absolute atomic E-state index is 14.3. The molecular formula is C14H3F7O. The maximum Gasteiger partial charge on any atom is 0.198 e. The third-order valence-electron chi connectivity index (χ3n) is 3.11. The molecule has 0 bridgehead atoms. The van der Waals surface area contributed by atoms with Crippen molar-refractivity contribution in [3.05, 3.63) is 59.1 Å². The Labute approximate surface area is 117 Å². The molecule has 0 fully saturated rings. The molecule has 0 radical (unpaired) electrons. The molecule has 0 saturated heterocycles. The molecular weight excluding hydrogens is 317 g/mol. The Morgan fingerprint density at radius 1 is 0.591 bits per heavy atom. The maximum atomic E-state index is 14.3. The molecule has 22 heavy (non-hydrogen) atoms. The molecule has 1 heterocycles. The number of rotatable bonds is 1. The van der Waals surface area contributed by atoms with Crippen LogP contribution in [0.4, 0.5) is 30.7 Å². The largest absolute Gasteiger partial charge is 0.464 e. The number of furan rings is 1. The molecule has 1 nitrogen and oxygen atoms in total. The van der Waals surface area contributed by atoms with Crippen molar-refractivity contribution in [2.45, 2.75) is 0 Å². The van der Waals surface area contributed by atoms with E-state index in [2.05, 4.69) is 4.42 Å². The first-order valence-electron chi connectivity index (χ1n) is 5.72. The van der Waals surface area contributed by atoms with E-state index in [-0.39, 0.29) is 0 Å². The first-order valence-corrected chi connectivity index (χ1v) is 5.72. The molecule has 114 valence electrons. The fraction of sp³-hybridized carbons (Fsp3) is 0. The summed E-state index contributed by atoms with van der Waals surface area (Å²) in [6.45, 7) is 0. The quantitative estimate of drug-likeness (QED) is 0.346. The van der Waals surface area contributed by atoms with E-state index in [1.54, 1.807) is 0 Å². The molecule has 1 aromatic heterocycles. The molecule has 0 aliphatic carbocycles. The van der Waals surface area contributed by atoms with E-state index in [4.69, 9.17) is 0 Å². The zero-order valence-electron chi connectivity index (χ0n) is 10.3. The van der Waals surface area contributed by atoms with Crippen molar-refractivity contribution in [1.82, 2.24) is 0 Å². The Bertz CT molecular complexity index is 900. The molecule has 0 aliphatic rings. The van der Waals surface area contributed by atoms with Crippen LogP contribution in [0.25, 0.3) is 22.1 Å². The lowest BCUT2D eigenvalue weighted by molar-refractivity contribution is 0.412. The first kappa shape index (κ1) is 14.4. The number of hydrogen-bond donors (Lipinski definition) is 0. The Balaban J connectivity index is 2.60. The van der Waals surface area contributed by atoms with Crippen molar-refractivity contribution in [1.29, 1.82) is 0 Å². The molecule has 0 aliphatic heterocycles. The zero-order chi connectivity index (χ0) is 16.2. The third-order valence-corrected chi connectivity index (χ3v) is 3.11. The van der Waals surface area contributed by atoms with Crippen LogP contribution in [0.15, 0.2) is 22.8 Å². The Hall–Kier alpha value is -2.51. The topological polar surface area (TPSA) is 13.1 Å². The van der Waals surface area contributed by atoms with Crippen molar-refractivity contribution in [3.8, 4) is 11.3 Å². The van der Waals surface area contributed by atoms with Gasteiger partial charge in [-0.1, -0.05) is 0 Å². The summed E-state index contributed by atoms with van der Waals surface area (Å²) < 4.78 is 100. The van der Waals surface area contributed by atoms with Gasteiger partial charge in [0, 0.05) is 0 Å². The van der Waals surface area contributed by atoms with E-state index in [1.807, 2.05) is 0 Å². The van der Waals surface area contributed by atoms with Gasteiger partial charge in [0.1, 0.15) is 11.6 Å². The first-order chi connectivity index (χ1) is 10.4. The molecule has 0 atom stereocenters. The van der Waals surface area contributed by atoms with E-state index in [0.717, 1.165) is 12.3 Å². The van der Waals surface area contributed by atoms with Crippen LogP contribution in [0, 0.1) is 40.7 Å². The summed E-state index contributed by atoms with van der Waals surface area (Å²) in [7, 11) is 0. The predicted molar refractivity (Wildman–Crippen MR) is 61.4 cm³/mol. The van der Waals surface area contributed by atoms with Crippen molar-refractivity contribution < 1.29 is 35.2 Å². The van der Waals surface area contributed by atoms with E-state index in [9.17, 15) is 30.7 Å². The standard InChI is InChI=1S/C14H3F7O/c15-8-5(4-2-1-3-22-4)9(16)10(17)7-6(8)11(18)13(20)14(21)12(7)19/h1-3H. The number of benzene rings is 2. The average molecular weight is 320 g/mol. The van der Waals surface area contributed by atoms with Crippen LogP contribution in [0.3, 0.4) is 0 Å². The second-order valence-corrected chi connectivity index (χ2v) is 4.30. The second kappa shape index (κ2) is 4.75. The second-order valence-electron chi connectivity index (χ2n) is 4.30. The van der Waals surface area contributed by atoms with Crippen molar-refractivity contribution in [2.24, 2.45) is 0 Å². The van der Waals surface area contributed by atoms with Gasteiger partial charge in [0.05, 0.1) is 22.6 Å². The van der Waals surface area contributed by atoms with Crippen LogP contribution in [-0.2, 0) is 0 Å². The van der Waals surface area contributed by atoms with Gasteiger partial charge < -0.3 is 4.42 Å². The predicted octanol–water partition coefficient (Wildman–Crippen LogP) is 5.07. The van der Waals surface area contributed by atoms with Crippen molar-refractivity contribution in [3.63, 3.8) is 0 Å². The van der Waals surface area contributed by atoms with Crippen LogP contribution in [0.1, 0.15) is 0 Å². The molecule has 3 aromatic rings. The minimum atomic E-state index is -2.37. The summed E-state index contributed by atoms with van der Waals surface area (Å²) in [5.41, 5.74) is -1.15. The number of fused-ring (bicyclic) bond motifs is 1. The minimum Gasteiger partial charge on any atom is -0.464 e. The van der Waals surface area contributed by atoms with Crippen LogP contribution in [0.5, 0.6) is 0 Å². The summed E-state index contributed by atoms with van der Waals surface area (Å²) in [4.78, 5) is 0. The minimum absolute atomic E-state index is 0.527. The van der Waals surface area contributed by atoms with Gasteiger partial charge in [-0.15, -0.1) is 0 Å². The molecule has 8 heteroatoms. The van der Waals surface area contributed by atoms with Crippen LogP contribution in [0.2, 0.25) is 0 Å². The summed E-state index contributed by atoms with van der Waals surface area (Å²) in [6.07, 6.45) is 0.999. The monoisotopic (exact) mass is 320 g/mol. The van der Waals surface area contributed by atoms with Gasteiger partial charge in [0.2, 0.25) is 0 Å². The van der Waals surface area contributed by atoms with E-state index in [0.29, 0.717) is 0 Å². The Morgan fingerprint density at radius 3 is 1.59 bits per heavy atom. The highest BCUT2D eigenvalue weighted by Gasteiger charge is 2.31. The molecule has 2 aromatic carbocycles. The van der Waals surface area contributed by atoms with Crippen LogP contribution in [-0.4, -0.2) is 0 Å². The van der Waals surface area contributed by atoms with Gasteiger partial charge in [0.25, 0.3) is 0 Å². The van der Waals surface area contributed by atoms with E-state index >= 15 is 0 Å². The number of hydrogen-bond acceptors (Lipinski definition) is 1. The van der Waals surface area contributed by atoms with Gasteiger partial charge in [-0.05, 0) is 12.1 Å². The zero-order valence-corrected chi connectivity index (χ0v) is 10.3. The van der Waals surface area contributed by atoms with Crippen LogP contribution < -0.4 is 0 Å². The summed E-state index contributed by atoms with van der Waals surface area (Å²) in [5, 5.41) is -3.19. The molecule has 0 spiro atoms. The van der Waals surface area contributed by atoms with Crippen molar-refractivity contribution >= 4 is 10.8 Å². The summed E-state index contributed by atoms with van der Waals surface area (Å²) in [6, 6.07) is 2.24. The normalized spacial score (nSPS) is 11.4. The SMILES string of the molecule is Fc1c(F)c(F)c2c(F)c(-c3ccco3)c(F)c(F)c2c1F. The fourth-order valence-electron chi connectivity index (χ4n) is 2.12. The lowest BCUT2D eigenvalue weighted by Gasteiger charge is -2.11. The highest BCUT2D eigenvalue weighted by molar-refractivity contribution is 5.89. The molecule has 3 rings (SSSR count). The lowest BCUT2D eigenvalue weighted by atomic mass is 10.0. The van der Waals surface area contributed by atoms with Gasteiger partial charge in [0.15, 0.2) is 34.9 Å². The molecule has 0 N–H and O–H groups in total. The average Bonchev–Trinajstić information content (AvgIpc) is 3.00. The van der Waals surface area contributed by atoms with Gasteiger partial charge in [-0.3, -0.25) is 0 Å². The summed E-state index contributed by atoms with van der Waals surface area (Å²) in [5.74, 6) is -15.4.